The Labute approximate surface area is 72.2 Å². The summed E-state index contributed by atoms with van der Waals surface area (Å²) in [5.41, 5.74) is 12.5. The SMILES string of the molecule is CC(C)C[C@H](N)/C=N/NC(N)=O. The van der Waals surface area contributed by atoms with Crippen molar-refractivity contribution in [2.45, 2.75) is 26.3 Å². The molecule has 70 valence electrons. The highest BCUT2D eigenvalue weighted by Gasteiger charge is 2.01. The van der Waals surface area contributed by atoms with Crippen molar-refractivity contribution in [2.24, 2.45) is 22.5 Å². The van der Waals surface area contributed by atoms with Crippen LogP contribution in [0.5, 0.6) is 0 Å². The minimum atomic E-state index is -0.678. The molecule has 0 radical (unpaired) electrons. The van der Waals surface area contributed by atoms with Gasteiger partial charge in [0.05, 0.1) is 0 Å². The number of rotatable bonds is 4. The van der Waals surface area contributed by atoms with Crippen molar-refractivity contribution in [3.05, 3.63) is 0 Å². The minimum absolute atomic E-state index is 0.128. The molecule has 0 aromatic carbocycles. The summed E-state index contributed by atoms with van der Waals surface area (Å²) in [6, 6.07) is -0.806. The lowest BCUT2D eigenvalue weighted by Crippen LogP contribution is -2.28. The Morgan fingerprint density at radius 1 is 1.67 bits per heavy atom. The van der Waals surface area contributed by atoms with Crippen molar-refractivity contribution in [3.63, 3.8) is 0 Å². The van der Waals surface area contributed by atoms with Crippen LogP contribution in [0.4, 0.5) is 4.79 Å². The molecule has 0 aliphatic rings. The molecule has 5 N–H and O–H groups in total. The molecule has 0 saturated carbocycles. The Morgan fingerprint density at radius 3 is 2.67 bits per heavy atom. The van der Waals surface area contributed by atoms with Crippen molar-refractivity contribution >= 4 is 12.2 Å². The number of urea groups is 1. The van der Waals surface area contributed by atoms with Gasteiger partial charge < -0.3 is 11.5 Å². The predicted molar refractivity (Wildman–Crippen MR) is 48.6 cm³/mol. The summed E-state index contributed by atoms with van der Waals surface area (Å²) < 4.78 is 0. The maximum Gasteiger partial charge on any atom is 0.332 e. The number of hydrogen-bond donors (Lipinski definition) is 3. The normalized spacial score (nSPS) is 13.7. The zero-order chi connectivity index (χ0) is 9.56. The van der Waals surface area contributed by atoms with Crippen LogP contribution in [-0.2, 0) is 0 Å². The lowest BCUT2D eigenvalue weighted by molar-refractivity contribution is 0.249. The fourth-order valence-corrected chi connectivity index (χ4v) is 0.802. The van der Waals surface area contributed by atoms with Crippen LogP contribution in [0.15, 0.2) is 5.10 Å². The molecule has 0 aromatic rings. The highest BCUT2D eigenvalue weighted by atomic mass is 16.2. The van der Waals surface area contributed by atoms with E-state index in [1.165, 1.54) is 6.21 Å². The molecule has 0 fully saturated rings. The number of hydrogen-bond acceptors (Lipinski definition) is 3. The van der Waals surface area contributed by atoms with E-state index >= 15 is 0 Å². The smallest absolute Gasteiger partial charge is 0.332 e. The Balaban J connectivity index is 3.60. The van der Waals surface area contributed by atoms with Gasteiger partial charge in [-0.1, -0.05) is 13.8 Å². The monoisotopic (exact) mass is 172 g/mol. The molecular weight excluding hydrogens is 156 g/mol. The van der Waals surface area contributed by atoms with Gasteiger partial charge in [-0.05, 0) is 12.3 Å². The molecule has 0 unspecified atom stereocenters. The van der Waals surface area contributed by atoms with E-state index in [1.54, 1.807) is 0 Å². The van der Waals surface area contributed by atoms with E-state index in [4.69, 9.17) is 11.5 Å². The zero-order valence-electron chi connectivity index (χ0n) is 7.45. The first-order valence-corrected chi connectivity index (χ1v) is 3.86. The first-order valence-electron chi connectivity index (χ1n) is 3.86. The maximum atomic E-state index is 10.2. The highest BCUT2D eigenvalue weighted by Crippen LogP contribution is 2.00. The van der Waals surface area contributed by atoms with Crippen molar-refractivity contribution in [2.75, 3.05) is 0 Å². The lowest BCUT2D eigenvalue weighted by Gasteiger charge is -2.07. The van der Waals surface area contributed by atoms with Crippen LogP contribution in [0.3, 0.4) is 0 Å². The number of amides is 2. The minimum Gasteiger partial charge on any atom is -0.350 e. The first-order chi connectivity index (χ1) is 5.52. The van der Waals surface area contributed by atoms with E-state index in [0.717, 1.165) is 6.42 Å². The fraction of sp³-hybridized carbons (Fsp3) is 0.714. The number of nitrogens with one attached hydrogen (secondary N) is 1. The summed E-state index contributed by atoms with van der Waals surface area (Å²) in [6.45, 7) is 4.13. The van der Waals surface area contributed by atoms with Gasteiger partial charge in [-0.15, -0.1) is 0 Å². The Morgan fingerprint density at radius 2 is 2.25 bits per heavy atom. The summed E-state index contributed by atoms with van der Waals surface area (Å²) in [7, 11) is 0. The number of nitrogens with two attached hydrogens (primary N) is 2. The van der Waals surface area contributed by atoms with Crippen molar-refractivity contribution < 1.29 is 4.79 Å². The molecule has 0 aliphatic carbocycles. The van der Waals surface area contributed by atoms with Gasteiger partial charge in [0, 0.05) is 12.3 Å². The van der Waals surface area contributed by atoms with Gasteiger partial charge in [-0.2, -0.15) is 5.10 Å². The molecule has 0 bridgehead atoms. The van der Waals surface area contributed by atoms with Crippen LogP contribution in [0.1, 0.15) is 20.3 Å². The Bertz CT molecular complexity index is 167. The van der Waals surface area contributed by atoms with Crippen molar-refractivity contribution in [1.82, 2.24) is 5.43 Å². The van der Waals surface area contributed by atoms with Crippen LogP contribution in [0, 0.1) is 5.92 Å². The number of nitrogens with zero attached hydrogens (tertiary/aromatic N) is 1. The van der Waals surface area contributed by atoms with Crippen LogP contribution in [0.25, 0.3) is 0 Å². The van der Waals surface area contributed by atoms with Gasteiger partial charge in [0.2, 0.25) is 0 Å². The summed E-state index contributed by atoms with van der Waals surface area (Å²) in [5.74, 6) is 0.514. The van der Waals surface area contributed by atoms with Gasteiger partial charge in [-0.25, -0.2) is 10.2 Å². The van der Waals surface area contributed by atoms with E-state index < -0.39 is 6.03 Å². The van der Waals surface area contributed by atoms with Crippen molar-refractivity contribution in [3.8, 4) is 0 Å². The second-order valence-electron chi connectivity index (χ2n) is 3.05. The predicted octanol–water partition coefficient (Wildman–Crippen LogP) is 0.0139. The molecule has 0 aromatic heterocycles. The highest BCUT2D eigenvalue weighted by molar-refractivity contribution is 5.73. The van der Waals surface area contributed by atoms with Gasteiger partial charge in [0.15, 0.2) is 0 Å². The molecule has 0 rings (SSSR count). The molecule has 0 saturated heterocycles. The fourth-order valence-electron chi connectivity index (χ4n) is 0.802. The van der Waals surface area contributed by atoms with E-state index in [2.05, 4.69) is 24.4 Å². The molecule has 2 amide bonds. The summed E-state index contributed by atoms with van der Waals surface area (Å²) in [5, 5.41) is 3.55. The van der Waals surface area contributed by atoms with Crippen LogP contribution in [-0.4, -0.2) is 18.3 Å². The molecule has 1 atom stereocenters. The number of carbonyl (C=O) groups is 1. The quantitative estimate of drug-likeness (QED) is 0.411. The third-order valence-electron chi connectivity index (χ3n) is 1.18. The van der Waals surface area contributed by atoms with E-state index in [1.807, 2.05) is 0 Å². The third-order valence-corrected chi connectivity index (χ3v) is 1.18. The molecule has 5 heteroatoms. The van der Waals surface area contributed by atoms with Crippen LogP contribution < -0.4 is 16.9 Å². The molecule has 12 heavy (non-hydrogen) atoms. The molecule has 5 nitrogen and oxygen atoms in total. The zero-order valence-corrected chi connectivity index (χ0v) is 7.45. The van der Waals surface area contributed by atoms with E-state index in [-0.39, 0.29) is 6.04 Å². The first kappa shape index (κ1) is 10.9. The molecule has 0 aliphatic heterocycles. The van der Waals surface area contributed by atoms with Gasteiger partial charge in [0.25, 0.3) is 0 Å². The summed E-state index contributed by atoms with van der Waals surface area (Å²) in [4.78, 5) is 10.2. The van der Waals surface area contributed by atoms with E-state index in [9.17, 15) is 4.79 Å². The maximum absolute atomic E-state index is 10.2. The van der Waals surface area contributed by atoms with Gasteiger partial charge in [0.1, 0.15) is 0 Å². The molecule has 0 heterocycles. The average Bonchev–Trinajstić information content (AvgIpc) is 1.84. The Kier molecular flexibility index (Phi) is 5.03. The lowest BCUT2D eigenvalue weighted by atomic mass is 10.1. The second kappa shape index (κ2) is 5.54. The number of primary amides is 1. The number of carbonyl (C=O) groups excluding carboxylic acids is 1. The summed E-state index contributed by atoms with van der Waals surface area (Å²) in [6.07, 6.45) is 2.31. The molecule has 0 spiro atoms. The Hall–Kier alpha value is -1.10. The summed E-state index contributed by atoms with van der Waals surface area (Å²) >= 11 is 0. The van der Waals surface area contributed by atoms with Crippen LogP contribution in [0.2, 0.25) is 0 Å². The standard InChI is InChI=1S/C7H16N4O/c1-5(2)3-6(8)4-10-11-7(9)12/h4-6H,3,8H2,1-2H3,(H3,9,11,12)/b10-4+/t6-/m0/s1. The van der Waals surface area contributed by atoms with Crippen molar-refractivity contribution in [1.29, 1.82) is 0 Å². The second-order valence-corrected chi connectivity index (χ2v) is 3.05. The third kappa shape index (κ3) is 7.01. The van der Waals surface area contributed by atoms with Gasteiger partial charge in [-0.3, -0.25) is 0 Å². The van der Waals surface area contributed by atoms with E-state index in [0.29, 0.717) is 5.92 Å². The van der Waals surface area contributed by atoms with Crippen LogP contribution >= 0.6 is 0 Å². The molecular formula is C7H16N4O. The number of hydrazone groups is 1. The largest absolute Gasteiger partial charge is 0.350 e. The van der Waals surface area contributed by atoms with Gasteiger partial charge >= 0.3 is 6.03 Å². The average molecular weight is 172 g/mol. The topological polar surface area (TPSA) is 93.5 Å².